The van der Waals surface area contributed by atoms with Crippen LogP contribution in [0.5, 0.6) is 17.2 Å². The first-order valence-corrected chi connectivity index (χ1v) is 12.4. The molecule has 1 aliphatic heterocycles. The van der Waals surface area contributed by atoms with Gasteiger partial charge in [-0.1, -0.05) is 12.1 Å². The lowest BCUT2D eigenvalue weighted by Gasteiger charge is -2.27. The number of hydrogen-bond acceptors (Lipinski definition) is 6. The van der Waals surface area contributed by atoms with Crippen molar-refractivity contribution >= 4 is 11.8 Å². The molecule has 1 aliphatic rings. The maximum Gasteiger partial charge on any atom is 0.420 e. The first-order chi connectivity index (χ1) is 18.0. The number of amides is 2. The monoisotopic (exact) mass is 537 g/mol. The number of carbonyl (C=O) groups excluding carboxylic acids is 2. The van der Waals surface area contributed by atoms with Crippen molar-refractivity contribution in [2.75, 3.05) is 41.0 Å². The van der Waals surface area contributed by atoms with E-state index in [2.05, 4.69) is 15.5 Å². The molecule has 2 amide bonds. The second kappa shape index (κ2) is 13.0. The van der Waals surface area contributed by atoms with Crippen LogP contribution in [0.2, 0.25) is 0 Å². The number of methoxy groups -OCH3 is 1. The van der Waals surface area contributed by atoms with Crippen molar-refractivity contribution in [2.24, 2.45) is 0 Å². The zero-order chi connectivity index (χ0) is 27.8. The molecule has 0 saturated carbocycles. The van der Waals surface area contributed by atoms with E-state index in [1.54, 1.807) is 12.1 Å². The largest absolute Gasteiger partial charge is 0.497 e. The molecule has 0 spiro atoms. The molecule has 208 valence electrons. The normalized spacial score (nSPS) is 17.3. The summed E-state index contributed by atoms with van der Waals surface area (Å²) in [7, 11) is 5.23. The first-order valence-electron chi connectivity index (χ1n) is 12.4. The Hall–Kier alpha value is -3.31. The lowest BCUT2D eigenvalue weighted by Crippen LogP contribution is -2.59. The summed E-state index contributed by atoms with van der Waals surface area (Å²) in [5.74, 6) is -0.604. The van der Waals surface area contributed by atoms with E-state index < -0.39 is 17.3 Å². The van der Waals surface area contributed by atoms with E-state index in [1.807, 2.05) is 14.1 Å². The minimum atomic E-state index is -4.62. The average Bonchev–Trinajstić information content (AvgIpc) is 3.35. The second-order valence-corrected chi connectivity index (χ2v) is 9.48. The summed E-state index contributed by atoms with van der Waals surface area (Å²) in [5, 5.41) is 5.70. The van der Waals surface area contributed by atoms with E-state index in [0.29, 0.717) is 25.0 Å². The van der Waals surface area contributed by atoms with Gasteiger partial charge in [0.1, 0.15) is 28.4 Å². The molecule has 0 aliphatic carbocycles. The van der Waals surface area contributed by atoms with Crippen LogP contribution in [0.15, 0.2) is 42.5 Å². The molecular formula is C27H34F3N3O5. The molecular weight excluding hydrogens is 503 g/mol. The van der Waals surface area contributed by atoms with Crippen LogP contribution < -0.4 is 20.1 Å². The van der Waals surface area contributed by atoms with E-state index >= 15 is 0 Å². The average molecular weight is 538 g/mol. The number of hydrogen-bond donors (Lipinski definition) is 2. The Morgan fingerprint density at radius 3 is 2.39 bits per heavy atom. The maximum absolute atomic E-state index is 13.4. The molecule has 0 aromatic heterocycles. The molecule has 2 N–H and O–H groups in total. The minimum absolute atomic E-state index is 0.0710. The molecule has 1 heterocycles. The van der Waals surface area contributed by atoms with Crippen molar-refractivity contribution < 1.29 is 37.0 Å². The predicted octanol–water partition coefficient (Wildman–Crippen LogP) is 4.13. The van der Waals surface area contributed by atoms with E-state index in [1.165, 1.54) is 31.4 Å². The van der Waals surface area contributed by atoms with Crippen molar-refractivity contribution in [3.8, 4) is 17.2 Å². The lowest BCUT2D eigenvalue weighted by atomic mass is 9.96. The number of halogens is 3. The fourth-order valence-corrected chi connectivity index (χ4v) is 4.04. The van der Waals surface area contributed by atoms with Crippen molar-refractivity contribution in [3.05, 3.63) is 53.6 Å². The Bertz CT molecular complexity index is 1080. The van der Waals surface area contributed by atoms with Gasteiger partial charge in [-0.05, 0) is 69.4 Å². The van der Waals surface area contributed by atoms with E-state index in [-0.39, 0.29) is 42.2 Å². The summed E-state index contributed by atoms with van der Waals surface area (Å²) < 4.78 is 56.1. The highest BCUT2D eigenvalue weighted by atomic mass is 19.4. The van der Waals surface area contributed by atoms with Crippen LogP contribution in [0.4, 0.5) is 13.2 Å². The van der Waals surface area contributed by atoms with E-state index in [0.717, 1.165) is 25.5 Å². The predicted molar refractivity (Wildman–Crippen MR) is 135 cm³/mol. The van der Waals surface area contributed by atoms with Crippen LogP contribution in [0.1, 0.15) is 36.8 Å². The molecule has 38 heavy (non-hydrogen) atoms. The summed E-state index contributed by atoms with van der Waals surface area (Å²) in [6.07, 6.45) is -2.31. The van der Waals surface area contributed by atoms with E-state index in [9.17, 15) is 22.8 Å². The second-order valence-electron chi connectivity index (χ2n) is 9.48. The number of alkyl halides is 3. The van der Waals surface area contributed by atoms with Crippen LogP contribution in [0.3, 0.4) is 0 Å². The van der Waals surface area contributed by atoms with Gasteiger partial charge in [0.2, 0.25) is 11.8 Å². The highest BCUT2D eigenvalue weighted by molar-refractivity contribution is 5.92. The number of rotatable bonds is 12. The Morgan fingerprint density at radius 2 is 1.79 bits per heavy atom. The van der Waals surface area contributed by atoms with Gasteiger partial charge in [0.15, 0.2) is 0 Å². The van der Waals surface area contributed by atoms with Gasteiger partial charge in [0, 0.05) is 26.0 Å². The molecule has 1 unspecified atom stereocenters. The molecule has 3 rings (SSSR count). The Labute approximate surface area is 220 Å². The standard InChI is InChI=1S/C27H34F3N3O5/c1-33(2)14-5-4-6-24(34)32-26(13-15-37-18-26)25(35)31-17-19-7-9-20(10-8-19)38-23-12-11-21(36-3)16-22(23)27(28,29)30/h7-12,16H,4-6,13-15,17-18H2,1-3H3,(H,31,35)(H,32,34). The molecule has 0 radical (unpaired) electrons. The fraction of sp³-hybridized carbons (Fsp3) is 0.481. The number of nitrogens with zero attached hydrogens (tertiary/aromatic N) is 1. The fourth-order valence-electron chi connectivity index (χ4n) is 4.04. The number of carbonyl (C=O) groups is 2. The molecule has 8 nitrogen and oxygen atoms in total. The lowest BCUT2D eigenvalue weighted by molar-refractivity contribution is -0.138. The third kappa shape index (κ3) is 8.09. The molecule has 1 fully saturated rings. The molecule has 1 atom stereocenters. The van der Waals surface area contributed by atoms with Gasteiger partial charge in [-0.3, -0.25) is 9.59 Å². The zero-order valence-corrected chi connectivity index (χ0v) is 21.8. The number of unbranched alkanes of at least 4 members (excludes halogenated alkanes) is 1. The van der Waals surface area contributed by atoms with Crippen LogP contribution in [-0.2, 0) is 27.0 Å². The molecule has 2 aromatic rings. The molecule has 2 aromatic carbocycles. The van der Waals surface area contributed by atoms with Crippen LogP contribution in [0, 0.1) is 0 Å². The minimum Gasteiger partial charge on any atom is -0.497 e. The van der Waals surface area contributed by atoms with Gasteiger partial charge < -0.3 is 29.7 Å². The van der Waals surface area contributed by atoms with Gasteiger partial charge in [-0.25, -0.2) is 0 Å². The zero-order valence-electron chi connectivity index (χ0n) is 21.8. The Balaban J connectivity index is 1.57. The smallest absolute Gasteiger partial charge is 0.420 e. The Kier molecular flexibility index (Phi) is 9.98. The highest BCUT2D eigenvalue weighted by Gasteiger charge is 2.43. The summed E-state index contributed by atoms with van der Waals surface area (Å²) in [4.78, 5) is 27.6. The van der Waals surface area contributed by atoms with Crippen molar-refractivity contribution in [2.45, 2.75) is 43.9 Å². The topological polar surface area (TPSA) is 89.1 Å². The van der Waals surface area contributed by atoms with Crippen molar-refractivity contribution in [3.63, 3.8) is 0 Å². The third-order valence-corrected chi connectivity index (χ3v) is 6.19. The number of benzene rings is 2. The van der Waals surface area contributed by atoms with E-state index in [4.69, 9.17) is 14.2 Å². The van der Waals surface area contributed by atoms with Gasteiger partial charge in [-0.2, -0.15) is 13.2 Å². The number of ether oxygens (including phenoxy) is 3. The van der Waals surface area contributed by atoms with Gasteiger partial charge in [0.05, 0.1) is 13.7 Å². The summed E-state index contributed by atoms with van der Waals surface area (Å²) in [5.41, 5.74) is -1.36. The quantitative estimate of drug-likeness (QED) is 0.396. The SMILES string of the molecule is COc1ccc(Oc2ccc(CNC(=O)C3(NC(=O)CCCCN(C)C)CCOC3)cc2)c(C(F)(F)F)c1. The van der Waals surface area contributed by atoms with Gasteiger partial charge in [-0.15, -0.1) is 0 Å². The van der Waals surface area contributed by atoms with Gasteiger partial charge >= 0.3 is 6.18 Å². The molecule has 11 heteroatoms. The third-order valence-electron chi connectivity index (χ3n) is 6.19. The summed E-state index contributed by atoms with van der Waals surface area (Å²) >= 11 is 0. The maximum atomic E-state index is 13.4. The molecule has 0 bridgehead atoms. The van der Waals surface area contributed by atoms with Gasteiger partial charge in [0.25, 0.3) is 0 Å². The Morgan fingerprint density at radius 1 is 1.08 bits per heavy atom. The first kappa shape index (κ1) is 29.2. The van der Waals surface area contributed by atoms with Crippen LogP contribution in [-0.4, -0.2) is 63.2 Å². The highest BCUT2D eigenvalue weighted by Crippen LogP contribution is 2.40. The van der Waals surface area contributed by atoms with Crippen molar-refractivity contribution in [1.29, 1.82) is 0 Å². The number of nitrogens with one attached hydrogen (secondary N) is 2. The summed E-state index contributed by atoms with van der Waals surface area (Å²) in [6.45, 7) is 1.51. The molecule has 1 saturated heterocycles. The van der Waals surface area contributed by atoms with Crippen molar-refractivity contribution in [1.82, 2.24) is 15.5 Å². The summed E-state index contributed by atoms with van der Waals surface area (Å²) in [6, 6.07) is 9.81. The van der Waals surface area contributed by atoms with Crippen LogP contribution in [0.25, 0.3) is 0 Å². The van der Waals surface area contributed by atoms with Crippen LogP contribution >= 0.6 is 0 Å².